The number of rotatable bonds is 5. The van der Waals surface area contributed by atoms with Crippen molar-refractivity contribution in [2.45, 2.75) is 18.9 Å². The van der Waals surface area contributed by atoms with Crippen LogP contribution in [0.1, 0.15) is 12.8 Å². The number of ether oxygens (including phenoxy) is 1. The maximum absolute atomic E-state index is 6.29. The van der Waals surface area contributed by atoms with Crippen molar-refractivity contribution in [1.29, 1.82) is 0 Å². The lowest BCUT2D eigenvalue weighted by molar-refractivity contribution is 0.0818. The molecule has 0 N–H and O–H groups in total. The SMILES string of the molecule is COC1CCN(c2ccc(-c3cccc(N(C)c4nc5nncn5c5cc(Cl)ccc45)c3)cn2)CC1. The van der Waals surface area contributed by atoms with Crippen molar-refractivity contribution in [2.24, 2.45) is 0 Å². The van der Waals surface area contributed by atoms with Crippen LogP contribution in [0, 0.1) is 0 Å². The molecule has 1 fully saturated rings. The summed E-state index contributed by atoms with van der Waals surface area (Å²) in [5.41, 5.74) is 4.07. The van der Waals surface area contributed by atoms with Gasteiger partial charge in [0.05, 0.1) is 11.6 Å². The highest BCUT2D eigenvalue weighted by Gasteiger charge is 2.20. The van der Waals surface area contributed by atoms with Gasteiger partial charge >= 0.3 is 0 Å². The molecule has 0 unspecified atom stereocenters. The fourth-order valence-corrected chi connectivity index (χ4v) is 5.03. The minimum absolute atomic E-state index is 0.356. The molecule has 2 aromatic carbocycles. The van der Waals surface area contributed by atoms with Crippen LogP contribution < -0.4 is 9.80 Å². The summed E-state index contributed by atoms with van der Waals surface area (Å²) in [4.78, 5) is 14.0. The molecular formula is C27H26ClN7O. The Bertz CT molecular complexity index is 1530. The summed E-state index contributed by atoms with van der Waals surface area (Å²) in [5, 5.41) is 9.81. The number of methoxy groups -OCH3 is 1. The third-order valence-electron chi connectivity index (χ3n) is 6.93. The second-order valence-corrected chi connectivity index (χ2v) is 9.47. The summed E-state index contributed by atoms with van der Waals surface area (Å²) in [7, 11) is 3.80. The summed E-state index contributed by atoms with van der Waals surface area (Å²) < 4.78 is 7.34. The van der Waals surface area contributed by atoms with Crippen molar-refractivity contribution in [3.63, 3.8) is 0 Å². The second-order valence-electron chi connectivity index (χ2n) is 9.03. The minimum Gasteiger partial charge on any atom is -0.381 e. The lowest BCUT2D eigenvalue weighted by Crippen LogP contribution is -2.37. The van der Waals surface area contributed by atoms with E-state index in [1.54, 1.807) is 13.4 Å². The molecule has 0 amide bonds. The summed E-state index contributed by atoms with van der Waals surface area (Å²) >= 11 is 6.29. The number of fused-ring (bicyclic) bond motifs is 3. The van der Waals surface area contributed by atoms with E-state index < -0.39 is 0 Å². The monoisotopic (exact) mass is 499 g/mol. The fraction of sp³-hybridized carbons (Fsp3) is 0.259. The minimum atomic E-state index is 0.356. The third-order valence-corrected chi connectivity index (χ3v) is 7.16. The van der Waals surface area contributed by atoms with Crippen LogP contribution in [0.2, 0.25) is 5.02 Å². The molecule has 182 valence electrons. The highest BCUT2D eigenvalue weighted by atomic mass is 35.5. The largest absolute Gasteiger partial charge is 0.381 e. The van der Waals surface area contributed by atoms with Crippen LogP contribution in [0.3, 0.4) is 0 Å². The maximum atomic E-state index is 6.29. The van der Waals surface area contributed by atoms with Gasteiger partial charge in [-0.05, 0) is 60.9 Å². The molecule has 4 heterocycles. The second kappa shape index (κ2) is 9.37. The van der Waals surface area contributed by atoms with Crippen molar-refractivity contribution in [2.75, 3.05) is 37.0 Å². The van der Waals surface area contributed by atoms with E-state index in [1.807, 2.05) is 35.8 Å². The molecule has 0 atom stereocenters. The van der Waals surface area contributed by atoms with Gasteiger partial charge in [0.15, 0.2) is 0 Å². The van der Waals surface area contributed by atoms with Gasteiger partial charge in [0.1, 0.15) is 18.0 Å². The fourth-order valence-electron chi connectivity index (χ4n) is 4.86. The number of pyridine rings is 1. The van der Waals surface area contributed by atoms with Crippen molar-refractivity contribution in [3.05, 3.63) is 72.1 Å². The van der Waals surface area contributed by atoms with Gasteiger partial charge in [0, 0.05) is 55.1 Å². The van der Waals surface area contributed by atoms with E-state index in [2.05, 4.69) is 56.4 Å². The van der Waals surface area contributed by atoms with Gasteiger partial charge in [0.2, 0.25) is 0 Å². The molecule has 0 radical (unpaired) electrons. The molecule has 5 aromatic rings. The van der Waals surface area contributed by atoms with E-state index in [0.29, 0.717) is 16.9 Å². The Hall–Kier alpha value is -3.75. The molecule has 0 aliphatic carbocycles. The Kier molecular flexibility index (Phi) is 5.91. The number of hydrogen-bond acceptors (Lipinski definition) is 7. The Morgan fingerprint density at radius 2 is 1.89 bits per heavy atom. The smallest absolute Gasteiger partial charge is 0.257 e. The predicted molar refractivity (Wildman–Crippen MR) is 143 cm³/mol. The van der Waals surface area contributed by atoms with Crippen LogP contribution >= 0.6 is 11.6 Å². The molecule has 1 saturated heterocycles. The van der Waals surface area contributed by atoms with E-state index in [1.165, 1.54) is 0 Å². The van der Waals surface area contributed by atoms with Gasteiger partial charge in [-0.1, -0.05) is 23.7 Å². The molecule has 0 spiro atoms. The zero-order chi connectivity index (χ0) is 24.6. The highest BCUT2D eigenvalue weighted by Crippen LogP contribution is 2.33. The van der Waals surface area contributed by atoms with Crippen molar-refractivity contribution in [3.8, 4) is 11.1 Å². The van der Waals surface area contributed by atoms with Crippen molar-refractivity contribution >= 4 is 45.6 Å². The normalized spacial score (nSPS) is 14.6. The number of nitrogens with zero attached hydrogens (tertiary/aromatic N) is 7. The standard InChI is InChI=1S/C27H26ClN7O/c1-33(26-23-8-7-20(28)15-24(23)35-17-30-32-27(35)31-26)21-5-3-4-18(14-21)19-6-9-25(29-16-19)34-12-10-22(36-2)11-13-34/h3-9,14-17,22H,10-13H2,1-2H3. The van der Waals surface area contributed by atoms with E-state index >= 15 is 0 Å². The van der Waals surface area contributed by atoms with E-state index in [4.69, 9.17) is 26.3 Å². The van der Waals surface area contributed by atoms with Crippen LogP contribution in [0.4, 0.5) is 17.3 Å². The van der Waals surface area contributed by atoms with Gasteiger partial charge < -0.3 is 14.5 Å². The van der Waals surface area contributed by atoms with Crippen LogP contribution in [0.25, 0.3) is 27.8 Å². The number of piperidine rings is 1. The lowest BCUT2D eigenvalue weighted by atomic mass is 10.1. The summed E-state index contributed by atoms with van der Waals surface area (Å²) in [6, 6.07) is 18.4. The zero-order valence-electron chi connectivity index (χ0n) is 20.2. The van der Waals surface area contributed by atoms with E-state index in [-0.39, 0.29) is 0 Å². The van der Waals surface area contributed by atoms with Gasteiger partial charge in [0.25, 0.3) is 5.78 Å². The molecule has 1 aliphatic rings. The van der Waals surface area contributed by atoms with Crippen LogP contribution in [0.15, 0.2) is 67.1 Å². The van der Waals surface area contributed by atoms with Gasteiger partial charge in [-0.3, -0.25) is 4.40 Å². The average molecular weight is 500 g/mol. The van der Waals surface area contributed by atoms with Crippen LogP contribution in [0.5, 0.6) is 0 Å². The quantitative estimate of drug-likeness (QED) is 0.321. The predicted octanol–water partition coefficient (Wildman–Crippen LogP) is 5.38. The molecule has 1 aliphatic heterocycles. The molecule has 3 aromatic heterocycles. The Morgan fingerprint density at radius 1 is 1.03 bits per heavy atom. The topological polar surface area (TPSA) is 71.7 Å². The summed E-state index contributed by atoms with van der Waals surface area (Å²) in [6.07, 6.45) is 6.03. The third kappa shape index (κ3) is 4.12. The first-order chi connectivity index (χ1) is 17.6. The zero-order valence-corrected chi connectivity index (χ0v) is 20.9. The molecule has 8 nitrogen and oxygen atoms in total. The molecule has 0 bridgehead atoms. The first-order valence-electron chi connectivity index (χ1n) is 12.0. The van der Waals surface area contributed by atoms with Gasteiger partial charge in [-0.2, -0.15) is 4.98 Å². The van der Waals surface area contributed by atoms with Gasteiger partial charge in [-0.15, -0.1) is 10.2 Å². The first-order valence-corrected chi connectivity index (χ1v) is 12.4. The van der Waals surface area contributed by atoms with E-state index in [9.17, 15) is 0 Å². The molecular weight excluding hydrogens is 474 g/mol. The van der Waals surface area contributed by atoms with Crippen molar-refractivity contribution < 1.29 is 4.74 Å². The summed E-state index contributed by atoms with van der Waals surface area (Å²) in [6.45, 7) is 1.93. The van der Waals surface area contributed by atoms with Crippen LogP contribution in [-0.2, 0) is 4.74 Å². The molecule has 36 heavy (non-hydrogen) atoms. The number of aromatic nitrogens is 5. The number of hydrogen-bond donors (Lipinski definition) is 0. The Morgan fingerprint density at radius 3 is 2.67 bits per heavy atom. The molecule has 6 rings (SSSR count). The first kappa shape index (κ1) is 22.7. The average Bonchev–Trinajstić information content (AvgIpc) is 3.41. The van der Waals surface area contributed by atoms with E-state index in [0.717, 1.165) is 65.3 Å². The van der Waals surface area contributed by atoms with Crippen molar-refractivity contribution in [1.82, 2.24) is 24.6 Å². The number of anilines is 3. The Labute approximate surface area is 214 Å². The maximum Gasteiger partial charge on any atom is 0.257 e. The lowest BCUT2D eigenvalue weighted by Gasteiger charge is -2.32. The Balaban J connectivity index is 1.30. The number of halogens is 1. The number of benzene rings is 2. The molecule has 9 heteroatoms. The molecule has 0 saturated carbocycles. The summed E-state index contributed by atoms with van der Waals surface area (Å²) in [5.74, 6) is 2.32. The highest BCUT2D eigenvalue weighted by molar-refractivity contribution is 6.31. The van der Waals surface area contributed by atoms with Gasteiger partial charge in [-0.25, -0.2) is 4.98 Å². The van der Waals surface area contributed by atoms with Crippen LogP contribution in [-0.4, -0.2) is 57.9 Å².